The molecule has 0 aliphatic carbocycles. The number of imidazole rings is 1. The molecule has 140 valence electrons. The van der Waals surface area contributed by atoms with Crippen molar-refractivity contribution in [1.29, 1.82) is 0 Å². The van der Waals surface area contributed by atoms with E-state index in [0.29, 0.717) is 25.7 Å². The summed E-state index contributed by atoms with van der Waals surface area (Å²) in [7, 11) is 0. The Kier molecular flexibility index (Phi) is 3.77. The molecule has 3 aliphatic heterocycles. The molecule has 3 saturated heterocycles. The summed E-state index contributed by atoms with van der Waals surface area (Å²) < 4.78 is 1.90. The molecule has 3 fully saturated rings. The molecule has 7 nitrogen and oxygen atoms in total. The summed E-state index contributed by atoms with van der Waals surface area (Å²) in [5.74, 6) is 0.00583. The fourth-order valence-electron chi connectivity index (χ4n) is 5.13. The Balaban J connectivity index is 1.33. The van der Waals surface area contributed by atoms with E-state index in [1.165, 1.54) is 4.90 Å². The number of benzene rings is 1. The molecule has 27 heavy (non-hydrogen) atoms. The number of fused-ring (bicyclic) bond motifs is 3. The van der Waals surface area contributed by atoms with Gasteiger partial charge in [0.2, 0.25) is 17.7 Å². The van der Waals surface area contributed by atoms with Crippen molar-refractivity contribution in [3.05, 3.63) is 30.6 Å². The Bertz CT molecular complexity index is 906. The van der Waals surface area contributed by atoms with Crippen molar-refractivity contribution in [3.8, 4) is 0 Å². The maximum Gasteiger partial charge on any atom is 0.243 e. The predicted molar refractivity (Wildman–Crippen MR) is 97.5 cm³/mol. The Hall–Kier alpha value is -2.70. The minimum absolute atomic E-state index is 0.0388. The van der Waals surface area contributed by atoms with Crippen molar-refractivity contribution in [1.82, 2.24) is 19.4 Å². The monoisotopic (exact) mass is 366 g/mol. The molecule has 2 bridgehead atoms. The van der Waals surface area contributed by atoms with Gasteiger partial charge in [-0.15, -0.1) is 0 Å². The van der Waals surface area contributed by atoms with Gasteiger partial charge in [-0.25, -0.2) is 4.98 Å². The smallest absolute Gasteiger partial charge is 0.243 e. The summed E-state index contributed by atoms with van der Waals surface area (Å²) in [6, 6.07) is 8.01. The van der Waals surface area contributed by atoms with Crippen LogP contribution in [-0.4, -0.2) is 55.2 Å². The van der Waals surface area contributed by atoms with Gasteiger partial charge in [-0.1, -0.05) is 12.1 Å². The van der Waals surface area contributed by atoms with Crippen LogP contribution in [0.5, 0.6) is 0 Å². The van der Waals surface area contributed by atoms with Gasteiger partial charge in [0, 0.05) is 31.0 Å². The van der Waals surface area contributed by atoms with E-state index < -0.39 is 0 Å². The Morgan fingerprint density at radius 2 is 1.67 bits per heavy atom. The number of aromatic nitrogens is 2. The highest BCUT2D eigenvalue weighted by Crippen LogP contribution is 2.39. The zero-order valence-corrected chi connectivity index (χ0v) is 15.1. The number of hydrogen-bond acceptors (Lipinski definition) is 4. The first-order valence-electron chi connectivity index (χ1n) is 9.68. The number of nitrogens with zero attached hydrogens (tertiary/aromatic N) is 4. The maximum absolute atomic E-state index is 13.1. The van der Waals surface area contributed by atoms with Gasteiger partial charge in [0.1, 0.15) is 6.54 Å². The van der Waals surface area contributed by atoms with Gasteiger partial charge in [0.05, 0.1) is 17.4 Å². The highest BCUT2D eigenvalue weighted by molar-refractivity contribution is 6.02. The van der Waals surface area contributed by atoms with E-state index in [4.69, 9.17) is 0 Å². The van der Waals surface area contributed by atoms with Crippen LogP contribution in [0.2, 0.25) is 0 Å². The fraction of sp³-hybridized carbons (Fsp3) is 0.500. The largest absolute Gasteiger partial charge is 0.335 e. The van der Waals surface area contributed by atoms with Gasteiger partial charge in [0.15, 0.2) is 0 Å². The maximum atomic E-state index is 13.1. The van der Waals surface area contributed by atoms with Gasteiger partial charge in [-0.3, -0.25) is 19.3 Å². The zero-order chi connectivity index (χ0) is 18.5. The summed E-state index contributed by atoms with van der Waals surface area (Å²) in [6.07, 6.45) is 5.72. The lowest BCUT2D eigenvalue weighted by atomic mass is 9.96. The second kappa shape index (κ2) is 6.18. The van der Waals surface area contributed by atoms with E-state index in [-0.39, 0.29) is 42.4 Å². The fourth-order valence-corrected chi connectivity index (χ4v) is 5.13. The predicted octanol–water partition coefficient (Wildman–Crippen LogP) is 1.71. The first-order valence-corrected chi connectivity index (χ1v) is 9.68. The average molecular weight is 366 g/mol. The number of likely N-dealkylation sites (tertiary alicyclic amines) is 1. The quantitative estimate of drug-likeness (QED) is 0.775. The highest BCUT2D eigenvalue weighted by atomic mass is 16.2. The van der Waals surface area contributed by atoms with Crippen LogP contribution in [0.1, 0.15) is 38.5 Å². The van der Waals surface area contributed by atoms with Gasteiger partial charge in [0.25, 0.3) is 0 Å². The lowest BCUT2D eigenvalue weighted by Crippen LogP contribution is -2.54. The zero-order valence-electron chi connectivity index (χ0n) is 15.1. The SMILES string of the molecule is O=C1CCC(=O)N1C1CC2CCC(C1)N2C(=O)Cn1cnc2ccccc21. The van der Waals surface area contributed by atoms with Crippen molar-refractivity contribution >= 4 is 28.8 Å². The van der Waals surface area contributed by atoms with Crippen LogP contribution in [0, 0.1) is 0 Å². The van der Waals surface area contributed by atoms with Crippen molar-refractivity contribution in [2.24, 2.45) is 0 Å². The van der Waals surface area contributed by atoms with E-state index in [1.807, 2.05) is 33.7 Å². The molecule has 3 amide bonds. The van der Waals surface area contributed by atoms with Crippen molar-refractivity contribution in [2.75, 3.05) is 0 Å². The minimum atomic E-state index is -0.0472. The molecule has 2 atom stereocenters. The normalized spacial score (nSPS) is 27.8. The summed E-state index contributed by atoms with van der Waals surface area (Å²) >= 11 is 0. The summed E-state index contributed by atoms with van der Waals surface area (Å²) in [6.45, 7) is 0.278. The molecule has 3 aliphatic rings. The average Bonchev–Trinajstić information content (AvgIpc) is 3.30. The molecular weight excluding hydrogens is 344 g/mol. The van der Waals surface area contributed by atoms with E-state index >= 15 is 0 Å². The van der Waals surface area contributed by atoms with Crippen molar-refractivity contribution in [2.45, 2.75) is 63.2 Å². The van der Waals surface area contributed by atoms with Crippen molar-refractivity contribution in [3.63, 3.8) is 0 Å². The minimum Gasteiger partial charge on any atom is -0.335 e. The molecule has 1 aromatic heterocycles. The second-order valence-electron chi connectivity index (χ2n) is 7.83. The van der Waals surface area contributed by atoms with Gasteiger partial charge in [-0.05, 0) is 37.8 Å². The number of imide groups is 1. The van der Waals surface area contributed by atoms with Crippen LogP contribution in [-0.2, 0) is 20.9 Å². The number of carbonyl (C=O) groups is 3. The number of rotatable bonds is 3. The molecule has 4 heterocycles. The van der Waals surface area contributed by atoms with E-state index in [9.17, 15) is 14.4 Å². The number of carbonyl (C=O) groups excluding carboxylic acids is 3. The van der Waals surface area contributed by atoms with Crippen LogP contribution >= 0.6 is 0 Å². The summed E-state index contributed by atoms with van der Waals surface area (Å²) in [4.78, 5) is 45.1. The molecule has 2 aromatic rings. The number of amides is 3. The molecule has 0 radical (unpaired) electrons. The van der Waals surface area contributed by atoms with Crippen molar-refractivity contribution < 1.29 is 14.4 Å². The molecule has 2 unspecified atom stereocenters. The summed E-state index contributed by atoms with van der Waals surface area (Å²) in [5.41, 5.74) is 1.85. The van der Waals surface area contributed by atoms with Gasteiger partial charge >= 0.3 is 0 Å². The molecule has 0 saturated carbocycles. The molecule has 0 N–H and O–H groups in total. The third-order valence-electron chi connectivity index (χ3n) is 6.28. The highest BCUT2D eigenvalue weighted by Gasteiger charge is 2.47. The lowest BCUT2D eigenvalue weighted by molar-refractivity contribution is -0.144. The standard InChI is InChI=1S/C20H22N4O3/c25-18-7-8-19(26)24(18)15-9-13-5-6-14(10-15)23(13)20(27)11-22-12-21-16-3-1-2-4-17(16)22/h1-4,12-15H,5-11H2. The van der Waals surface area contributed by atoms with Crippen LogP contribution in [0.25, 0.3) is 11.0 Å². The van der Waals surface area contributed by atoms with Crippen LogP contribution in [0.3, 0.4) is 0 Å². The first kappa shape index (κ1) is 16.5. The van der Waals surface area contributed by atoms with Crippen LogP contribution in [0.15, 0.2) is 30.6 Å². The Labute approximate surface area is 156 Å². The molecular formula is C20H22N4O3. The second-order valence-corrected chi connectivity index (χ2v) is 7.83. The Morgan fingerprint density at radius 1 is 1.00 bits per heavy atom. The number of para-hydroxylation sites is 2. The number of piperidine rings is 1. The third kappa shape index (κ3) is 2.64. The van der Waals surface area contributed by atoms with E-state index in [1.54, 1.807) is 6.33 Å². The summed E-state index contributed by atoms with van der Waals surface area (Å²) in [5, 5.41) is 0. The topological polar surface area (TPSA) is 75.5 Å². The first-order chi connectivity index (χ1) is 13.1. The third-order valence-corrected chi connectivity index (χ3v) is 6.28. The van der Waals surface area contributed by atoms with Crippen LogP contribution in [0.4, 0.5) is 0 Å². The van der Waals surface area contributed by atoms with E-state index in [2.05, 4.69) is 4.98 Å². The molecule has 1 aromatic carbocycles. The molecule has 0 spiro atoms. The van der Waals surface area contributed by atoms with Gasteiger partial charge < -0.3 is 9.47 Å². The van der Waals surface area contributed by atoms with Crippen LogP contribution < -0.4 is 0 Å². The molecule has 7 heteroatoms. The lowest BCUT2D eigenvalue weighted by Gasteiger charge is -2.41. The molecule has 5 rings (SSSR count). The number of hydrogen-bond donors (Lipinski definition) is 0. The Morgan fingerprint density at radius 3 is 2.37 bits per heavy atom. The van der Waals surface area contributed by atoms with E-state index in [0.717, 1.165) is 23.9 Å². The van der Waals surface area contributed by atoms with Gasteiger partial charge in [-0.2, -0.15) is 0 Å².